The molecule has 5 nitrogen and oxygen atoms in total. The summed E-state index contributed by atoms with van der Waals surface area (Å²) in [5.74, 6) is 0.0819. The largest absolute Gasteiger partial charge is 0.354 e. The first-order chi connectivity index (χ1) is 11.7. The molecule has 1 aromatic carbocycles. The number of halogens is 1. The van der Waals surface area contributed by atoms with E-state index < -0.39 is 0 Å². The second-order valence-electron chi connectivity index (χ2n) is 6.15. The molecule has 0 spiro atoms. The molecule has 1 saturated heterocycles. The molecule has 2 heterocycles. The van der Waals surface area contributed by atoms with Crippen LogP contribution in [0.4, 0.5) is 4.39 Å². The molecule has 6 heteroatoms. The van der Waals surface area contributed by atoms with Gasteiger partial charge < -0.3 is 10.6 Å². The topological polar surface area (TPSA) is 59.0 Å². The Labute approximate surface area is 141 Å². The van der Waals surface area contributed by atoms with E-state index in [1.54, 1.807) is 29.1 Å². The van der Waals surface area contributed by atoms with E-state index in [1.807, 2.05) is 6.07 Å². The number of aromatic nitrogens is 2. The Morgan fingerprint density at radius 1 is 1.38 bits per heavy atom. The molecule has 2 N–H and O–H groups in total. The number of piperidine rings is 1. The summed E-state index contributed by atoms with van der Waals surface area (Å²) in [5.41, 5.74) is 1.72. The van der Waals surface area contributed by atoms with Gasteiger partial charge in [0, 0.05) is 30.9 Å². The normalized spacial score (nSPS) is 17.6. The second-order valence-corrected chi connectivity index (χ2v) is 6.15. The quantitative estimate of drug-likeness (QED) is 0.850. The second kappa shape index (κ2) is 8.06. The summed E-state index contributed by atoms with van der Waals surface area (Å²) in [6, 6.07) is 8.63. The zero-order valence-corrected chi connectivity index (χ0v) is 13.7. The SMILES string of the molecule is O=C(Cn1nccc1[C@@H]1CCCNC1)NCCc1ccccc1F. The van der Waals surface area contributed by atoms with Crippen molar-refractivity contribution in [2.24, 2.45) is 0 Å². The first-order valence-electron chi connectivity index (χ1n) is 8.46. The van der Waals surface area contributed by atoms with Crippen molar-refractivity contribution in [3.05, 3.63) is 53.6 Å². The summed E-state index contributed by atoms with van der Waals surface area (Å²) in [6.07, 6.45) is 4.49. The van der Waals surface area contributed by atoms with E-state index >= 15 is 0 Å². The number of hydrogen-bond acceptors (Lipinski definition) is 3. The van der Waals surface area contributed by atoms with Crippen molar-refractivity contribution in [2.75, 3.05) is 19.6 Å². The summed E-state index contributed by atoms with van der Waals surface area (Å²) in [6.45, 7) is 2.61. The lowest BCUT2D eigenvalue weighted by Crippen LogP contribution is -2.33. The maximum absolute atomic E-state index is 13.5. The van der Waals surface area contributed by atoms with E-state index in [9.17, 15) is 9.18 Å². The number of amides is 1. The average molecular weight is 330 g/mol. The molecule has 1 aliphatic rings. The van der Waals surface area contributed by atoms with Gasteiger partial charge in [-0.15, -0.1) is 0 Å². The molecule has 1 aliphatic heterocycles. The number of hydrogen-bond donors (Lipinski definition) is 2. The Bertz CT molecular complexity index is 679. The van der Waals surface area contributed by atoms with Crippen LogP contribution in [0.3, 0.4) is 0 Å². The van der Waals surface area contributed by atoms with Crippen molar-refractivity contribution in [3.63, 3.8) is 0 Å². The molecule has 0 saturated carbocycles. The molecule has 1 atom stereocenters. The van der Waals surface area contributed by atoms with Crippen molar-refractivity contribution >= 4 is 5.91 Å². The molecule has 128 valence electrons. The summed E-state index contributed by atoms with van der Waals surface area (Å²) in [4.78, 5) is 12.1. The zero-order chi connectivity index (χ0) is 16.8. The van der Waals surface area contributed by atoms with Crippen LogP contribution in [-0.2, 0) is 17.8 Å². The van der Waals surface area contributed by atoms with Gasteiger partial charge >= 0.3 is 0 Å². The van der Waals surface area contributed by atoms with Gasteiger partial charge in [0.1, 0.15) is 12.4 Å². The zero-order valence-electron chi connectivity index (χ0n) is 13.7. The minimum atomic E-state index is -0.231. The van der Waals surface area contributed by atoms with Crippen LogP contribution in [0.1, 0.15) is 30.0 Å². The van der Waals surface area contributed by atoms with E-state index in [0.29, 0.717) is 24.4 Å². The van der Waals surface area contributed by atoms with Gasteiger partial charge in [-0.2, -0.15) is 5.10 Å². The first-order valence-corrected chi connectivity index (χ1v) is 8.46. The number of carbonyl (C=O) groups is 1. The molecule has 0 unspecified atom stereocenters. The predicted octanol–water partition coefficient (Wildman–Crippen LogP) is 1.85. The van der Waals surface area contributed by atoms with Crippen molar-refractivity contribution in [3.8, 4) is 0 Å². The van der Waals surface area contributed by atoms with Gasteiger partial charge in [-0.25, -0.2) is 4.39 Å². The standard InChI is InChI=1S/C18H23FN4O/c19-16-6-2-1-4-14(16)7-10-21-18(24)13-23-17(8-11-22-23)15-5-3-9-20-12-15/h1-2,4,6,8,11,15,20H,3,5,7,9-10,12-13H2,(H,21,24)/t15-/m1/s1. The van der Waals surface area contributed by atoms with Gasteiger partial charge in [0.15, 0.2) is 0 Å². The van der Waals surface area contributed by atoms with Gasteiger partial charge in [-0.3, -0.25) is 9.48 Å². The lowest BCUT2D eigenvalue weighted by molar-refractivity contribution is -0.121. The third-order valence-corrected chi connectivity index (χ3v) is 4.43. The lowest BCUT2D eigenvalue weighted by Gasteiger charge is -2.23. The fourth-order valence-corrected chi connectivity index (χ4v) is 3.16. The number of rotatable bonds is 6. The van der Waals surface area contributed by atoms with E-state index in [1.165, 1.54) is 6.07 Å². The number of nitrogens with one attached hydrogen (secondary N) is 2. The monoisotopic (exact) mass is 330 g/mol. The van der Waals surface area contributed by atoms with Crippen molar-refractivity contribution < 1.29 is 9.18 Å². The van der Waals surface area contributed by atoms with Crippen LogP contribution in [0, 0.1) is 5.82 Å². The van der Waals surface area contributed by atoms with Crippen molar-refractivity contribution in [1.29, 1.82) is 0 Å². The molecule has 1 fully saturated rings. The van der Waals surface area contributed by atoms with Gasteiger partial charge in [0.05, 0.1) is 0 Å². The van der Waals surface area contributed by atoms with E-state index in [0.717, 1.165) is 31.6 Å². The highest BCUT2D eigenvalue weighted by Gasteiger charge is 2.19. The predicted molar refractivity (Wildman–Crippen MR) is 90.2 cm³/mol. The van der Waals surface area contributed by atoms with Crippen LogP contribution in [-0.4, -0.2) is 35.3 Å². The minimum Gasteiger partial charge on any atom is -0.354 e. The molecule has 0 radical (unpaired) electrons. The van der Waals surface area contributed by atoms with E-state index in [2.05, 4.69) is 15.7 Å². The smallest absolute Gasteiger partial charge is 0.241 e. The molecule has 24 heavy (non-hydrogen) atoms. The highest BCUT2D eigenvalue weighted by atomic mass is 19.1. The molecule has 1 aromatic heterocycles. The maximum atomic E-state index is 13.5. The fraction of sp³-hybridized carbons (Fsp3) is 0.444. The highest BCUT2D eigenvalue weighted by Crippen LogP contribution is 2.22. The summed E-state index contributed by atoms with van der Waals surface area (Å²) >= 11 is 0. The van der Waals surface area contributed by atoms with E-state index in [4.69, 9.17) is 0 Å². The number of nitrogens with zero attached hydrogens (tertiary/aromatic N) is 2. The minimum absolute atomic E-state index is 0.0972. The molecule has 2 aromatic rings. The maximum Gasteiger partial charge on any atom is 0.241 e. The van der Waals surface area contributed by atoms with Gasteiger partial charge in [-0.1, -0.05) is 18.2 Å². The average Bonchev–Trinajstić information content (AvgIpc) is 3.05. The third kappa shape index (κ3) is 4.20. The van der Waals surface area contributed by atoms with Gasteiger partial charge in [0.25, 0.3) is 0 Å². The van der Waals surface area contributed by atoms with Gasteiger partial charge in [0.2, 0.25) is 5.91 Å². The highest BCUT2D eigenvalue weighted by molar-refractivity contribution is 5.75. The van der Waals surface area contributed by atoms with Crippen LogP contribution in [0.15, 0.2) is 36.5 Å². The number of carbonyl (C=O) groups excluding carboxylic acids is 1. The Balaban J connectivity index is 1.50. The molecular weight excluding hydrogens is 307 g/mol. The number of benzene rings is 1. The first kappa shape index (κ1) is 16.6. The molecular formula is C18H23FN4O. The van der Waals surface area contributed by atoms with Crippen molar-refractivity contribution in [1.82, 2.24) is 20.4 Å². The van der Waals surface area contributed by atoms with Crippen molar-refractivity contribution in [2.45, 2.75) is 31.7 Å². The fourth-order valence-electron chi connectivity index (χ4n) is 3.16. The van der Waals surface area contributed by atoms with E-state index in [-0.39, 0.29) is 18.3 Å². The molecule has 0 bridgehead atoms. The van der Waals surface area contributed by atoms with Crippen LogP contribution in [0.25, 0.3) is 0 Å². The summed E-state index contributed by atoms with van der Waals surface area (Å²) in [5, 5.41) is 10.5. The Morgan fingerprint density at radius 2 is 2.25 bits per heavy atom. The third-order valence-electron chi connectivity index (χ3n) is 4.43. The van der Waals surface area contributed by atoms with Crippen LogP contribution < -0.4 is 10.6 Å². The summed E-state index contributed by atoms with van der Waals surface area (Å²) < 4.78 is 15.3. The van der Waals surface area contributed by atoms with Crippen LogP contribution in [0.5, 0.6) is 0 Å². The molecule has 3 rings (SSSR count). The van der Waals surface area contributed by atoms with Gasteiger partial charge in [-0.05, 0) is 43.5 Å². The Morgan fingerprint density at radius 3 is 3.04 bits per heavy atom. The lowest BCUT2D eigenvalue weighted by atomic mass is 9.96. The molecule has 0 aliphatic carbocycles. The Hall–Kier alpha value is -2.21. The van der Waals surface area contributed by atoms with Crippen LogP contribution >= 0.6 is 0 Å². The Kier molecular flexibility index (Phi) is 5.59. The molecule has 1 amide bonds. The summed E-state index contributed by atoms with van der Waals surface area (Å²) in [7, 11) is 0. The van der Waals surface area contributed by atoms with Crippen LogP contribution in [0.2, 0.25) is 0 Å².